The average molecular weight is 239 g/mol. The second kappa shape index (κ2) is 4.60. The van der Waals surface area contributed by atoms with Crippen LogP contribution in [0, 0.1) is 17.3 Å². The summed E-state index contributed by atoms with van der Waals surface area (Å²) in [5, 5.41) is 9.37. The van der Waals surface area contributed by atoms with Crippen LogP contribution in [0.4, 0.5) is 0 Å². The van der Waals surface area contributed by atoms with Crippen molar-refractivity contribution in [3.63, 3.8) is 0 Å². The first-order chi connectivity index (χ1) is 7.98. The van der Waals surface area contributed by atoms with Gasteiger partial charge >= 0.3 is 5.97 Å². The fraction of sp³-hybridized carbons (Fsp3) is 0.929. The van der Waals surface area contributed by atoms with E-state index in [2.05, 4.69) is 18.7 Å². The van der Waals surface area contributed by atoms with Crippen LogP contribution in [0.15, 0.2) is 0 Å². The van der Waals surface area contributed by atoms with E-state index in [9.17, 15) is 9.90 Å². The summed E-state index contributed by atoms with van der Waals surface area (Å²) in [7, 11) is 0. The molecular weight excluding hydrogens is 214 g/mol. The van der Waals surface area contributed by atoms with Crippen molar-refractivity contribution < 1.29 is 9.90 Å². The number of likely N-dealkylation sites (tertiary alicyclic amines) is 1. The monoisotopic (exact) mass is 239 g/mol. The van der Waals surface area contributed by atoms with Gasteiger partial charge in [-0.3, -0.25) is 9.69 Å². The molecule has 0 aromatic carbocycles. The second-order valence-corrected chi connectivity index (χ2v) is 6.29. The van der Waals surface area contributed by atoms with Crippen molar-refractivity contribution in [2.24, 2.45) is 17.3 Å². The Bertz CT molecular complexity index is 297. The van der Waals surface area contributed by atoms with Crippen LogP contribution in [0.1, 0.15) is 46.5 Å². The zero-order valence-corrected chi connectivity index (χ0v) is 11.3. The lowest BCUT2D eigenvalue weighted by atomic mass is 9.73. The molecular formula is C14H25NO2. The third-order valence-corrected chi connectivity index (χ3v) is 5.12. The van der Waals surface area contributed by atoms with Crippen LogP contribution in [0.5, 0.6) is 0 Å². The molecule has 0 amide bonds. The molecule has 98 valence electrons. The van der Waals surface area contributed by atoms with Gasteiger partial charge in [-0.05, 0) is 44.1 Å². The molecule has 0 spiro atoms. The third-order valence-electron chi connectivity index (χ3n) is 5.12. The van der Waals surface area contributed by atoms with Gasteiger partial charge in [-0.25, -0.2) is 0 Å². The molecule has 1 heterocycles. The van der Waals surface area contributed by atoms with Gasteiger partial charge in [0.15, 0.2) is 0 Å². The molecule has 2 fully saturated rings. The summed E-state index contributed by atoms with van der Waals surface area (Å²) in [6.07, 6.45) is 4.15. The molecule has 1 unspecified atom stereocenters. The number of carbonyl (C=O) groups is 1. The standard InChI is InChI=1S/C14H25NO2/c1-4-14(13(16)17)5-6-15(9-14)12-7-11(8-12)10(2)3/h10-12H,4-9H2,1-3H3,(H,16,17). The molecule has 3 heteroatoms. The zero-order valence-electron chi connectivity index (χ0n) is 11.3. The fourth-order valence-corrected chi connectivity index (χ4v) is 3.30. The van der Waals surface area contributed by atoms with Crippen molar-refractivity contribution in [2.75, 3.05) is 13.1 Å². The number of hydrogen-bond donors (Lipinski definition) is 1. The molecule has 17 heavy (non-hydrogen) atoms. The molecule has 2 aliphatic rings. The first-order valence-electron chi connectivity index (χ1n) is 6.96. The molecule has 0 aromatic rings. The molecule has 1 N–H and O–H groups in total. The van der Waals surface area contributed by atoms with Gasteiger partial charge in [0.05, 0.1) is 5.41 Å². The van der Waals surface area contributed by atoms with Crippen LogP contribution in [-0.2, 0) is 4.79 Å². The van der Waals surface area contributed by atoms with Crippen molar-refractivity contribution in [2.45, 2.75) is 52.5 Å². The lowest BCUT2D eigenvalue weighted by Crippen LogP contribution is -2.46. The summed E-state index contributed by atoms with van der Waals surface area (Å²) in [6.45, 7) is 8.34. The number of nitrogens with zero attached hydrogens (tertiary/aromatic N) is 1. The molecule has 0 bridgehead atoms. The van der Waals surface area contributed by atoms with Gasteiger partial charge in [0, 0.05) is 12.6 Å². The molecule has 1 aliphatic heterocycles. The van der Waals surface area contributed by atoms with Gasteiger partial charge < -0.3 is 5.11 Å². The Balaban J connectivity index is 1.89. The minimum atomic E-state index is -0.595. The van der Waals surface area contributed by atoms with Crippen LogP contribution in [0.3, 0.4) is 0 Å². The van der Waals surface area contributed by atoms with Gasteiger partial charge in [-0.15, -0.1) is 0 Å². The van der Waals surface area contributed by atoms with E-state index in [-0.39, 0.29) is 0 Å². The summed E-state index contributed by atoms with van der Waals surface area (Å²) in [4.78, 5) is 13.8. The molecule has 1 saturated carbocycles. The van der Waals surface area contributed by atoms with Crippen molar-refractivity contribution in [3.05, 3.63) is 0 Å². The Morgan fingerprint density at radius 3 is 2.53 bits per heavy atom. The van der Waals surface area contributed by atoms with Gasteiger partial charge in [0.25, 0.3) is 0 Å². The van der Waals surface area contributed by atoms with E-state index >= 15 is 0 Å². The van der Waals surface area contributed by atoms with E-state index in [4.69, 9.17) is 0 Å². The Morgan fingerprint density at radius 1 is 1.47 bits per heavy atom. The number of rotatable bonds is 4. The normalized spacial score (nSPS) is 38.4. The maximum absolute atomic E-state index is 11.4. The van der Waals surface area contributed by atoms with Gasteiger partial charge in [0.1, 0.15) is 0 Å². The predicted molar refractivity (Wildman–Crippen MR) is 67.9 cm³/mol. The number of aliphatic carboxylic acids is 1. The first kappa shape index (κ1) is 12.9. The van der Waals surface area contributed by atoms with E-state index in [0.29, 0.717) is 6.04 Å². The highest BCUT2D eigenvalue weighted by molar-refractivity contribution is 5.75. The van der Waals surface area contributed by atoms with E-state index in [1.54, 1.807) is 0 Å². The Kier molecular flexibility index (Phi) is 3.48. The number of carboxylic acids is 1. The smallest absolute Gasteiger partial charge is 0.310 e. The largest absolute Gasteiger partial charge is 0.481 e. The minimum absolute atomic E-state index is 0.455. The molecule has 1 aliphatic carbocycles. The topological polar surface area (TPSA) is 40.5 Å². The van der Waals surface area contributed by atoms with Crippen LogP contribution in [0.2, 0.25) is 0 Å². The maximum Gasteiger partial charge on any atom is 0.310 e. The summed E-state index contributed by atoms with van der Waals surface area (Å²) in [5.74, 6) is 1.05. The van der Waals surface area contributed by atoms with Gasteiger partial charge in [-0.1, -0.05) is 20.8 Å². The highest BCUT2D eigenvalue weighted by Gasteiger charge is 2.47. The summed E-state index contributed by atoms with van der Waals surface area (Å²) in [5.41, 5.74) is -0.455. The van der Waals surface area contributed by atoms with Crippen LogP contribution >= 0.6 is 0 Å². The quantitative estimate of drug-likeness (QED) is 0.820. The predicted octanol–water partition coefficient (Wildman–Crippen LogP) is 2.61. The van der Waals surface area contributed by atoms with Crippen molar-refractivity contribution in [1.29, 1.82) is 0 Å². The Morgan fingerprint density at radius 2 is 2.12 bits per heavy atom. The molecule has 0 radical (unpaired) electrons. The van der Waals surface area contributed by atoms with Crippen LogP contribution in [-0.4, -0.2) is 35.1 Å². The second-order valence-electron chi connectivity index (χ2n) is 6.29. The van der Waals surface area contributed by atoms with Crippen LogP contribution < -0.4 is 0 Å². The SMILES string of the molecule is CCC1(C(=O)O)CCN(C2CC(C(C)C)C2)C1. The average Bonchev–Trinajstić information content (AvgIpc) is 2.60. The van der Waals surface area contributed by atoms with E-state index in [1.807, 2.05) is 6.92 Å². The zero-order chi connectivity index (χ0) is 12.6. The lowest BCUT2D eigenvalue weighted by molar-refractivity contribution is -0.148. The Labute approximate surface area is 104 Å². The molecule has 0 aromatic heterocycles. The van der Waals surface area contributed by atoms with Gasteiger partial charge in [-0.2, -0.15) is 0 Å². The fourth-order valence-electron chi connectivity index (χ4n) is 3.30. The van der Waals surface area contributed by atoms with Crippen LogP contribution in [0.25, 0.3) is 0 Å². The first-order valence-corrected chi connectivity index (χ1v) is 6.96. The number of carboxylic acid groups (broad SMARTS) is 1. The molecule has 1 saturated heterocycles. The summed E-state index contributed by atoms with van der Waals surface area (Å²) < 4.78 is 0. The van der Waals surface area contributed by atoms with E-state index < -0.39 is 11.4 Å². The maximum atomic E-state index is 11.4. The number of hydrogen-bond acceptors (Lipinski definition) is 2. The van der Waals surface area contributed by atoms with Crippen molar-refractivity contribution in [1.82, 2.24) is 4.90 Å². The molecule has 1 atom stereocenters. The van der Waals surface area contributed by atoms with E-state index in [1.165, 1.54) is 12.8 Å². The summed E-state index contributed by atoms with van der Waals surface area (Å²) in [6, 6.07) is 0.662. The molecule has 3 nitrogen and oxygen atoms in total. The Hall–Kier alpha value is -0.570. The van der Waals surface area contributed by atoms with E-state index in [0.717, 1.165) is 37.8 Å². The van der Waals surface area contributed by atoms with Crippen molar-refractivity contribution >= 4 is 5.97 Å². The third kappa shape index (κ3) is 2.22. The lowest BCUT2D eigenvalue weighted by Gasteiger charge is -2.43. The van der Waals surface area contributed by atoms with Gasteiger partial charge in [0.2, 0.25) is 0 Å². The minimum Gasteiger partial charge on any atom is -0.481 e. The van der Waals surface area contributed by atoms with Crippen molar-refractivity contribution in [3.8, 4) is 0 Å². The highest BCUT2D eigenvalue weighted by Crippen LogP contribution is 2.42. The molecule has 2 rings (SSSR count). The highest BCUT2D eigenvalue weighted by atomic mass is 16.4. The summed E-state index contributed by atoms with van der Waals surface area (Å²) >= 11 is 0.